The molecule has 0 unspecified atom stereocenters. The quantitative estimate of drug-likeness (QED) is 0.838. The number of rotatable bonds is 2. The highest BCUT2D eigenvalue weighted by atomic mass is 15.2. The molecule has 19 heavy (non-hydrogen) atoms. The molecule has 1 aromatic heterocycles. The van der Waals surface area contributed by atoms with Crippen LogP contribution >= 0.6 is 0 Å². The average Bonchev–Trinajstić information content (AvgIpc) is 2.81. The van der Waals surface area contributed by atoms with Crippen molar-refractivity contribution in [1.82, 2.24) is 9.47 Å². The van der Waals surface area contributed by atoms with Crippen molar-refractivity contribution in [2.24, 2.45) is 0 Å². The Bertz CT molecular complexity index is 570. The van der Waals surface area contributed by atoms with E-state index in [4.69, 9.17) is 5.73 Å². The number of nitrogens with two attached hydrogens (primary N) is 1. The van der Waals surface area contributed by atoms with E-state index in [0.29, 0.717) is 12.1 Å². The Labute approximate surface area is 115 Å². The van der Waals surface area contributed by atoms with Gasteiger partial charge >= 0.3 is 0 Å². The third-order valence-corrected chi connectivity index (χ3v) is 4.46. The Kier molecular flexibility index (Phi) is 3.23. The summed E-state index contributed by atoms with van der Waals surface area (Å²) in [6, 6.07) is 9.62. The molecule has 1 saturated carbocycles. The minimum atomic E-state index is 0.572. The minimum Gasteiger partial charge on any atom is -0.399 e. The molecule has 3 heteroatoms. The van der Waals surface area contributed by atoms with Crippen molar-refractivity contribution in [1.29, 1.82) is 0 Å². The molecule has 1 heterocycles. The topological polar surface area (TPSA) is 34.2 Å². The summed E-state index contributed by atoms with van der Waals surface area (Å²) in [5.74, 6) is 0. The van der Waals surface area contributed by atoms with Crippen LogP contribution in [0.1, 0.15) is 31.7 Å². The van der Waals surface area contributed by atoms with Gasteiger partial charge in [0.1, 0.15) is 0 Å². The molecule has 0 saturated heterocycles. The van der Waals surface area contributed by atoms with Crippen LogP contribution in [0.15, 0.2) is 30.5 Å². The molecule has 0 radical (unpaired) electrons. The largest absolute Gasteiger partial charge is 0.399 e. The predicted molar refractivity (Wildman–Crippen MR) is 81.3 cm³/mol. The van der Waals surface area contributed by atoms with E-state index in [1.54, 1.807) is 0 Å². The lowest BCUT2D eigenvalue weighted by atomic mass is 9.89. The number of likely N-dealkylation sites (N-methyl/N-ethyl adjacent to an activating group) is 1. The van der Waals surface area contributed by atoms with Crippen LogP contribution in [0.3, 0.4) is 0 Å². The van der Waals surface area contributed by atoms with Gasteiger partial charge in [0.05, 0.1) is 5.52 Å². The fourth-order valence-corrected chi connectivity index (χ4v) is 3.47. The van der Waals surface area contributed by atoms with Crippen molar-refractivity contribution in [3.05, 3.63) is 30.5 Å². The first-order valence-corrected chi connectivity index (χ1v) is 7.19. The Hall–Kier alpha value is -1.48. The average molecular weight is 257 g/mol. The summed E-state index contributed by atoms with van der Waals surface area (Å²) in [7, 11) is 4.39. The number of nitrogens with zero attached hydrogens (tertiary/aromatic N) is 2. The SMILES string of the molecule is CN(C)[C@@H]1CCCC[C@@H]1n1ccc2ccc(N)cc21. The predicted octanol–water partition coefficient (Wildman–Crippen LogP) is 3.27. The van der Waals surface area contributed by atoms with E-state index < -0.39 is 0 Å². The lowest BCUT2D eigenvalue weighted by Crippen LogP contribution is -2.38. The van der Waals surface area contributed by atoms with E-state index in [9.17, 15) is 0 Å². The third kappa shape index (κ3) is 2.23. The first kappa shape index (κ1) is 12.5. The van der Waals surface area contributed by atoms with Gasteiger partial charge in [0, 0.05) is 24.0 Å². The molecule has 0 bridgehead atoms. The molecule has 0 spiro atoms. The van der Waals surface area contributed by atoms with Gasteiger partial charge in [0.15, 0.2) is 0 Å². The van der Waals surface area contributed by atoms with Gasteiger partial charge in [-0.05, 0) is 50.5 Å². The molecule has 102 valence electrons. The zero-order valence-electron chi connectivity index (χ0n) is 11.8. The second-order valence-electron chi connectivity index (χ2n) is 5.92. The van der Waals surface area contributed by atoms with Gasteiger partial charge in [-0.2, -0.15) is 0 Å². The zero-order valence-corrected chi connectivity index (χ0v) is 11.8. The first-order chi connectivity index (χ1) is 9.16. The van der Waals surface area contributed by atoms with E-state index in [-0.39, 0.29) is 0 Å². The van der Waals surface area contributed by atoms with E-state index in [1.807, 2.05) is 6.07 Å². The van der Waals surface area contributed by atoms with Gasteiger partial charge in [-0.15, -0.1) is 0 Å². The highest BCUT2D eigenvalue weighted by molar-refractivity contribution is 5.83. The molecule has 2 aromatic rings. The van der Waals surface area contributed by atoms with Crippen LogP contribution in [0.2, 0.25) is 0 Å². The summed E-state index contributed by atoms with van der Waals surface area (Å²) >= 11 is 0. The molecule has 2 N–H and O–H groups in total. The number of hydrogen-bond acceptors (Lipinski definition) is 2. The Morgan fingerprint density at radius 1 is 1.16 bits per heavy atom. The van der Waals surface area contributed by atoms with Crippen LogP contribution in [0.25, 0.3) is 10.9 Å². The van der Waals surface area contributed by atoms with E-state index in [0.717, 1.165) is 5.69 Å². The molecule has 1 aromatic carbocycles. The maximum Gasteiger partial charge on any atom is 0.0504 e. The van der Waals surface area contributed by atoms with Crippen molar-refractivity contribution < 1.29 is 0 Å². The summed E-state index contributed by atoms with van der Waals surface area (Å²) in [6.07, 6.45) is 7.47. The monoisotopic (exact) mass is 257 g/mol. The summed E-state index contributed by atoms with van der Waals surface area (Å²) in [5, 5.41) is 1.29. The van der Waals surface area contributed by atoms with Crippen molar-refractivity contribution in [2.75, 3.05) is 19.8 Å². The fraction of sp³-hybridized carbons (Fsp3) is 0.500. The summed E-state index contributed by atoms with van der Waals surface area (Å²) in [6.45, 7) is 0. The van der Waals surface area contributed by atoms with Crippen LogP contribution < -0.4 is 5.73 Å². The molecule has 3 nitrogen and oxygen atoms in total. The zero-order chi connectivity index (χ0) is 13.4. The smallest absolute Gasteiger partial charge is 0.0504 e. The Balaban J connectivity index is 2.04. The number of anilines is 1. The molecule has 3 rings (SSSR count). The van der Waals surface area contributed by atoms with Gasteiger partial charge in [-0.1, -0.05) is 18.9 Å². The highest BCUT2D eigenvalue weighted by Crippen LogP contribution is 2.34. The Morgan fingerprint density at radius 2 is 1.95 bits per heavy atom. The van der Waals surface area contributed by atoms with E-state index >= 15 is 0 Å². The molecule has 1 aliphatic rings. The number of aromatic nitrogens is 1. The van der Waals surface area contributed by atoms with Gasteiger partial charge in [0.25, 0.3) is 0 Å². The molecule has 0 aliphatic heterocycles. The molecule has 1 fully saturated rings. The maximum atomic E-state index is 5.95. The lowest BCUT2D eigenvalue weighted by Gasteiger charge is -2.37. The van der Waals surface area contributed by atoms with Crippen LogP contribution in [-0.2, 0) is 0 Å². The fourth-order valence-electron chi connectivity index (χ4n) is 3.47. The molecule has 0 amide bonds. The van der Waals surface area contributed by atoms with Crippen LogP contribution in [0.5, 0.6) is 0 Å². The maximum absolute atomic E-state index is 5.95. The standard InChI is InChI=1S/C16H23N3/c1-18(2)14-5-3-4-6-15(14)19-10-9-12-7-8-13(17)11-16(12)19/h7-11,14-15H,3-6,17H2,1-2H3/t14-,15+/m1/s1. The second kappa shape index (κ2) is 4.89. The summed E-state index contributed by atoms with van der Waals surface area (Å²) in [4.78, 5) is 2.38. The lowest BCUT2D eigenvalue weighted by molar-refractivity contribution is 0.162. The number of fused-ring (bicyclic) bond motifs is 1. The minimum absolute atomic E-state index is 0.572. The highest BCUT2D eigenvalue weighted by Gasteiger charge is 2.28. The van der Waals surface area contributed by atoms with Gasteiger partial charge < -0.3 is 15.2 Å². The normalized spacial score (nSPS) is 24.2. The van der Waals surface area contributed by atoms with Crippen molar-refractivity contribution in [3.8, 4) is 0 Å². The van der Waals surface area contributed by atoms with Gasteiger partial charge in [0.2, 0.25) is 0 Å². The van der Waals surface area contributed by atoms with Crippen LogP contribution in [0.4, 0.5) is 5.69 Å². The second-order valence-corrected chi connectivity index (χ2v) is 5.92. The summed E-state index contributed by atoms with van der Waals surface area (Å²) in [5.41, 5.74) is 8.08. The van der Waals surface area contributed by atoms with Crippen LogP contribution in [-0.4, -0.2) is 29.6 Å². The Morgan fingerprint density at radius 3 is 2.74 bits per heavy atom. The molecular weight excluding hydrogens is 234 g/mol. The van der Waals surface area contributed by atoms with E-state index in [2.05, 4.69) is 48.0 Å². The molecule has 2 atom stereocenters. The number of nitrogen functional groups attached to an aromatic ring is 1. The number of hydrogen-bond donors (Lipinski definition) is 1. The first-order valence-electron chi connectivity index (χ1n) is 7.19. The van der Waals surface area contributed by atoms with Gasteiger partial charge in [-0.25, -0.2) is 0 Å². The van der Waals surface area contributed by atoms with Gasteiger partial charge in [-0.3, -0.25) is 0 Å². The van der Waals surface area contributed by atoms with Crippen molar-refractivity contribution >= 4 is 16.6 Å². The number of benzene rings is 1. The molecule has 1 aliphatic carbocycles. The van der Waals surface area contributed by atoms with Crippen LogP contribution in [0, 0.1) is 0 Å². The van der Waals surface area contributed by atoms with Crippen molar-refractivity contribution in [2.45, 2.75) is 37.8 Å². The van der Waals surface area contributed by atoms with E-state index in [1.165, 1.54) is 36.6 Å². The molecular formula is C16H23N3. The third-order valence-electron chi connectivity index (χ3n) is 4.46. The van der Waals surface area contributed by atoms with Crippen molar-refractivity contribution in [3.63, 3.8) is 0 Å². The summed E-state index contributed by atoms with van der Waals surface area (Å²) < 4.78 is 2.44.